The second-order valence-electron chi connectivity index (χ2n) is 9.89. The van der Waals surface area contributed by atoms with Gasteiger partial charge in [-0.25, -0.2) is 4.79 Å². The molecule has 2 aliphatic heterocycles. The maximum atomic E-state index is 12.7. The van der Waals surface area contributed by atoms with Crippen molar-refractivity contribution in [1.82, 2.24) is 15.5 Å². The zero-order valence-corrected chi connectivity index (χ0v) is 20.0. The van der Waals surface area contributed by atoms with Gasteiger partial charge in [0.2, 0.25) is 11.8 Å². The van der Waals surface area contributed by atoms with Gasteiger partial charge in [-0.3, -0.25) is 14.4 Å². The van der Waals surface area contributed by atoms with Gasteiger partial charge >= 0.3 is 6.09 Å². The number of nitrogens with zero attached hydrogens (tertiary/aromatic N) is 1. The number of rotatable bonds is 5. The molecule has 1 unspecified atom stereocenters. The summed E-state index contributed by atoms with van der Waals surface area (Å²) in [4.78, 5) is 50.6. The molecule has 2 heterocycles. The van der Waals surface area contributed by atoms with Crippen LogP contribution in [0.4, 0.5) is 10.5 Å². The number of hydrogen-bond donors (Lipinski definition) is 3. The van der Waals surface area contributed by atoms with Crippen LogP contribution in [0.25, 0.3) is 0 Å². The molecule has 9 nitrogen and oxygen atoms in total. The summed E-state index contributed by atoms with van der Waals surface area (Å²) < 4.78 is 5.22. The second-order valence-corrected chi connectivity index (χ2v) is 9.89. The first kappa shape index (κ1) is 24.5. The fourth-order valence-electron chi connectivity index (χ4n) is 4.22. The second kappa shape index (κ2) is 9.80. The molecular formula is C24H34N4O5. The van der Waals surface area contributed by atoms with Crippen LogP contribution in [0, 0.1) is 5.92 Å². The van der Waals surface area contributed by atoms with Crippen molar-refractivity contribution in [3.05, 3.63) is 29.3 Å². The zero-order chi connectivity index (χ0) is 24.3. The molecule has 4 amide bonds. The number of alkyl carbamates (subject to hydrolysis) is 1. The van der Waals surface area contributed by atoms with Gasteiger partial charge in [0.15, 0.2) is 0 Å². The third-order valence-electron chi connectivity index (χ3n) is 6.01. The van der Waals surface area contributed by atoms with Crippen LogP contribution in [0.3, 0.4) is 0 Å². The summed E-state index contributed by atoms with van der Waals surface area (Å²) >= 11 is 0. The third-order valence-corrected chi connectivity index (χ3v) is 6.01. The Labute approximate surface area is 194 Å². The Kier molecular flexibility index (Phi) is 7.29. The van der Waals surface area contributed by atoms with Gasteiger partial charge in [-0.15, -0.1) is 0 Å². The minimum absolute atomic E-state index is 0.0555. The maximum Gasteiger partial charge on any atom is 0.408 e. The number of nitrogens with one attached hydrogen (secondary N) is 3. The lowest BCUT2D eigenvalue weighted by Gasteiger charge is -2.36. The Balaban J connectivity index is 1.47. The molecule has 33 heavy (non-hydrogen) atoms. The quantitative estimate of drug-likeness (QED) is 0.627. The van der Waals surface area contributed by atoms with Gasteiger partial charge in [0.05, 0.1) is 6.42 Å². The lowest BCUT2D eigenvalue weighted by molar-refractivity contribution is -0.134. The highest BCUT2D eigenvalue weighted by Crippen LogP contribution is 2.25. The summed E-state index contributed by atoms with van der Waals surface area (Å²) in [7, 11) is 0. The van der Waals surface area contributed by atoms with Crippen LogP contribution in [-0.4, -0.2) is 59.5 Å². The predicted molar refractivity (Wildman–Crippen MR) is 124 cm³/mol. The molecule has 2 atom stereocenters. The first-order chi connectivity index (χ1) is 15.4. The molecule has 0 aromatic heterocycles. The van der Waals surface area contributed by atoms with Crippen molar-refractivity contribution in [1.29, 1.82) is 0 Å². The lowest BCUT2D eigenvalue weighted by Crippen LogP contribution is -2.51. The number of likely N-dealkylation sites (tertiary alicyclic amines) is 1. The average Bonchev–Trinajstić information content (AvgIpc) is 3.10. The number of carbonyl (C=O) groups excluding carboxylic acids is 4. The molecule has 2 aliphatic rings. The summed E-state index contributed by atoms with van der Waals surface area (Å²) in [5.74, 6) is -0.131. The maximum absolute atomic E-state index is 12.7. The van der Waals surface area contributed by atoms with E-state index >= 15 is 0 Å². The van der Waals surface area contributed by atoms with Crippen molar-refractivity contribution in [2.75, 3.05) is 18.4 Å². The number of ether oxygens (including phenoxy) is 1. The molecule has 0 aliphatic carbocycles. The molecule has 3 rings (SSSR count). The number of piperidine rings is 1. The van der Waals surface area contributed by atoms with E-state index in [1.54, 1.807) is 50.8 Å². The number of amides is 4. The van der Waals surface area contributed by atoms with Crippen molar-refractivity contribution in [3.8, 4) is 0 Å². The minimum Gasteiger partial charge on any atom is -0.444 e. The highest BCUT2D eigenvalue weighted by molar-refractivity contribution is 6.01. The van der Waals surface area contributed by atoms with Gasteiger partial charge in [-0.1, -0.05) is 0 Å². The largest absolute Gasteiger partial charge is 0.444 e. The normalized spacial score (nSPS) is 18.1. The number of benzene rings is 1. The molecule has 0 saturated carbocycles. The monoisotopic (exact) mass is 458 g/mol. The highest BCUT2D eigenvalue weighted by atomic mass is 16.6. The Morgan fingerprint density at radius 2 is 1.79 bits per heavy atom. The first-order valence-corrected chi connectivity index (χ1v) is 11.4. The molecule has 1 fully saturated rings. The van der Waals surface area contributed by atoms with Crippen LogP contribution in [0.1, 0.15) is 63.4 Å². The van der Waals surface area contributed by atoms with Crippen LogP contribution in [0.15, 0.2) is 18.2 Å². The van der Waals surface area contributed by atoms with Gasteiger partial charge < -0.3 is 25.6 Å². The van der Waals surface area contributed by atoms with Crippen molar-refractivity contribution in [2.45, 2.75) is 71.6 Å². The van der Waals surface area contributed by atoms with E-state index in [4.69, 9.17) is 4.74 Å². The van der Waals surface area contributed by atoms with Crippen molar-refractivity contribution >= 4 is 29.5 Å². The molecular weight excluding hydrogens is 424 g/mol. The lowest BCUT2D eigenvalue weighted by atomic mass is 9.90. The summed E-state index contributed by atoms with van der Waals surface area (Å²) in [6.07, 6.45) is 1.20. The average molecular weight is 459 g/mol. The number of carbonyl (C=O) groups is 4. The van der Waals surface area contributed by atoms with E-state index in [2.05, 4.69) is 16.0 Å². The SMILES string of the molecule is CC(NC(=O)c1ccc2c(c1)CC(=O)N2)C1CCN(C(=O)[C@H](C)NC(=O)OC(C)(C)C)CC1. The Bertz CT molecular complexity index is 931. The first-order valence-electron chi connectivity index (χ1n) is 11.4. The molecule has 1 saturated heterocycles. The number of fused-ring (bicyclic) bond motifs is 1. The summed E-state index contributed by atoms with van der Waals surface area (Å²) in [5, 5.41) is 8.42. The summed E-state index contributed by atoms with van der Waals surface area (Å²) in [6, 6.07) is 4.51. The highest BCUT2D eigenvalue weighted by Gasteiger charge is 2.30. The van der Waals surface area contributed by atoms with E-state index in [1.165, 1.54) is 0 Å². The van der Waals surface area contributed by atoms with Crippen molar-refractivity contribution in [3.63, 3.8) is 0 Å². The van der Waals surface area contributed by atoms with Gasteiger partial charge in [-0.2, -0.15) is 0 Å². The predicted octanol–water partition coefficient (Wildman–Crippen LogP) is 2.45. The van der Waals surface area contributed by atoms with Crippen LogP contribution < -0.4 is 16.0 Å². The van der Waals surface area contributed by atoms with E-state index in [9.17, 15) is 19.2 Å². The third kappa shape index (κ3) is 6.46. The van der Waals surface area contributed by atoms with Crippen molar-refractivity contribution in [2.24, 2.45) is 5.92 Å². The molecule has 3 N–H and O–H groups in total. The summed E-state index contributed by atoms with van der Waals surface area (Å²) in [5.41, 5.74) is 1.50. The molecule has 0 spiro atoms. The molecule has 9 heteroatoms. The standard InChI is InChI=1S/C24H34N4O5/c1-14(25-21(30)17-6-7-19-18(12-17)13-20(29)27-19)16-8-10-28(11-9-16)22(31)15(2)26-23(32)33-24(3,4)5/h6-7,12,14-16H,8-11,13H2,1-5H3,(H,25,30)(H,26,32)(H,27,29)/t14?,15-/m0/s1. The smallest absolute Gasteiger partial charge is 0.408 e. The van der Waals surface area contributed by atoms with Gasteiger partial charge in [0, 0.05) is 30.4 Å². The van der Waals surface area contributed by atoms with E-state index in [0.717, 1.165) is 24.1 Å². The fraction of sp³-hybridized carbons (Fsp3) is 0.583. The Morgan fingerprint density at radius 1 is 1.12 bits per heavy atom. The molecule has 1 aromatic carbocycles. The minimum atomic E-state index is -0.672. The number of anilines is 1. The van der Waals surface area contributed by atoms with Gasteiger partial charge in [-0.05, 0) is 77.1 Å². The van der Waals surface area contributed by atoms with Gasteiger partial charge in [0.1, 0.15) is 11.6 Å². The van der Waals surface area contributed by atoms with Crippen LogP contribution in [-0.2, 0) is 20.7 Å². The van der Waals surface area contributed by atoms with E-state index in [1.807, 2.05) is 6.92 Å². The van der Waals surface area contributed by atoms with E-state index < -0.39 is 17.7 Å². The van der Waals surface area contributed by atoms with Crippen molar-refractivity contribution < 1.29 is 23.9 Å². The Morgan fingerprint density at radius 3 is 2.42 bits per heavy atom. The zero-order valence-electron chi connectivity index (χ0n) is 20.0. The fourth-order valence-corrected chi connectivity index (χ4v) is 4.22. The van der Waals surface area contributed by atoms with E-state index in [0.29, 0.717) is 25.1 Å². The van der Waals surface area contributed by atoms with Gasteiger partial charge in [0.25, 0.3) is 5.91 Å². The topological polar surface area (TPSA) is 117 Å². The number of hydrogen-bond acceptors (Lipinski definition) is 5. The molecule has 0 bridgehead atoms. The molecule has 0 radical (unpaired) electrons. The van der Waals surface area contributed by atoms with Crippen LogP contribution >= 0.6 is 0 Å². The molecule has 180 valence electrons. The molecule has 1 aromatic rings. The summed E-state index contributed by atoms with van der Waals surface area (Å²) in [6.45, 7) is 10.1. The Hall–Kier alpha value is -3.10. The van der Waals surface area contributed by atoms with E-state index in [-0.39, 0.29) is 29.7 Å². The van der Waals surface area contributed by atoms with Crippen LogP contribution in [0.5, 0.6) is 0 Å². The van der Waals surface area contributed by atoms with Crippen LogP contribution in [0.2, 0.25) is 0 Å².